The molecule has 0 bridgehead atoms. The average molecular weight is 219 g/mol. The summed E-state index contributed by atoms with van der Waals surface area (Å²) in [7, 11) is 1.66. The van der Waals surface area contributed by atoms with E-state index in [9.17, 15) is 4.79 Å². The Kier molecular flexibility index (Phi) is 2.86. The molecule has 2 rings (SSSR count). The van der Waals surface area contributed by atoms with E-state index in [1.54, 1.807) is 7.11 Å². The molecule has 0 heterocycles. The molecule has 0 atom stereocenters. The number of rotatable bonds is 3. The van der Waals surface area contributed by atoms with E-state index in [1.165, 1.54) is 0 Å². The summed E-state index contributed by atoms with van der Waals surface area (Å²) < 4.78 is 5.23. The monoisotopic (exact) mass is 219 g/mol. The molecule has 1 amide bonds. The number of hydrogen-bond acceptors (Lipinski definition) is 2. The Bertz CT molecular complexity index is 422. The van der Waals surface area contributed by atoms with Crippen molar-refractivity contribution < 1.29 is 9.53 Å². The van der Waals surface area contributed by atoms with Crippen molar-refractivity contribution in [1.29, 1.82) is 0 Å². The molecule has 0 saturated heterocycles. The Morgan fingerprint density at radius 1 is 1.31 bits per heavy atom. The third kappa shape index (κ3) is 2.03. The van der Waals surface area contributed by atoms with Crippen LogP contribution in [0.2, 0.25) is 0 Å². The number of benzene rings is 1. The summed E-state index contributed by atoms with van der Waals surface area (Å²) >= 11 is 0. The van der Waals surface area contributed by atoms with Crippen LogP contribution >= 0.6 is 0 Å². The number of carbonyl (C=O) groups excluding carboxylic acids is 1. The molecule has 1 aliphatic carbocycles. The SMILES string of the molecule is COc1ccc(NC(=O)C2CC2)c(C)c1C. The molecule has 16 heavy (non-hydrogen) atoms. The quantitative estimate of drug-likeness (QED) is 0.848. The molecule has 0 unspecified atom stereocenters. The van der Waals surface area contributed by atoms with Crippen LogP contribution in [0.1, 0.15) is 24.0 Å². The molecular formula is C13H17NO2. The lowest BCUT2D eigenvalue weighted by Crippen LogP contribution is -2.14. The van der Waals surface area contributed by atoms with E-state index < -0.39 is 0 Å². The highest BCUT2D eigenvalue weighted by atomic mass is 16.5. The molecule has 1 N–H and O–H groups in total. The lowest BCUT2D eigenvalue weighted by Gasteiger charge is -2.13. The second kappa shape index (κ2) is 4.16. The third-order valence-electron chi connectivity index (χ3n) is 3.16. The number of methoxy groups -OCH3 is 1. The normalized spacial score (nSPS) is 14.7. The molecule has 3 heteroatoms. The minimum Gasteiger partial charge on any atom is -0.496 e. The minimum absolute atomic E-state index is 0.146. The summed E-state index contributed by atoms with van der Waals surface area (Å²) in [4.78, 5) is 11.7. The molecule has 1 saturated carbocycles. The smallest absolute Gasteiger partial charge is 0.227 e. The van der Waals surface area contributed by atoms with Crippen LogP contribution in [-0.2, 0) is 4.79 Å². The van der Waals surface area contributed by atoms with E-state index >= 15 is 0 Å². The number of anilines is 1. The zero-order chi connectivity index (χ0) is 11.7. The molecule has 0 radical (unpaired) electrons. The highest BCUT2D eigenvalue weighted by Crippen LogP contribution is 2.32. The van der Waals surface area contributed by atoms with Gasteiger partial charge < -0.3 is 10.1 Å². The van der Waals surface area contributed by atoms with Crippen molar-refractivity contribution in [2.24, 2.45) is 5.92 Å². The van der Waals surface area contributed by atoms with Gasteiger partial charge in [0.25, 0.3) is 0 Å². The molecule has 0 aromatic heterocycles. The second-order valence-electron chi connectivity index (χ2n) is 4.33. The summed E-state index contributed by atoms with van der Waals surface area (Å²) in [5.74, 6) is 1.25. The Labute approximate surface area is 95.8 Å². The van der Waals surface area contributed by atoms with Crippen molar-refractivity contribution in [3.05, 3.63) is 23.3 Å². The summed E-state index contributed by atoms with van der Waals surface area (Å²) in [6, 6.07) is 3.80. The fraction of sp³-hybridized carbons (Fsp3) is 0.462. The van der Waals surface area contributed by atoms with Gasteiger partial charge in [-0.15, -0.1) is 0 Å². The Morgan fingerprint density at radius 3 is 2.56 bits per heavy atom. The Balaban J connectivity index is 2.21. The number of hydrogen-bond donors (Lipinski definition) is 1. The van der Waals surface area contributed by atoms with Crippen LogP contribution in [0.15, 0.2) is 12.1 Å². The van der Waals surface area contributed by atoms with Gasteiger partial charge in [-0.1, -0.05) is 0 Å². The van der Waals surface area contributed by atoms with E-state index in [4.69, 9.17) is 4.74 Å². The van der Waals surface area contributed by atoms with Crippen molar-refractivity contribution in [3.8, 4) is 5.75 Å². The van der Waals surface area contributed by atoms with Crippen molar-refractivity contribution >= 4 is 11.6 Å². The second-order valence-corrected chi connectivity index (χ2v) is 4.33. The first kappa shape index (κ1) is 11.0. The van der Waals surface area contributed by atoms with Gasteiger partial charge in [0.05, 0.1) is 7.11 Å². The summed E-state index contributed by atoms with van der Waals surface area (Å²) in [6.07, 6.45) is 2.06. The summed E-state index contributed by atoms with van der Waals surface area (Å²) in [5.41, 5.74) is 3.06. The van der Waals surface area contributed by atoms with Crippen molar-refractivity contribution in [2.45, 2.75) is 26.7 Å². The van der Waals surface area contributed by atoms with Gasteiger partial charge in [-0.3, -0.25) is 4.79 Å². The zero-order valence-electron chi connectivity index (χ0n) is 9.96. The van der Waals surface area contributed by atoms with Gasteiger partial charge in [0.1, 0.15) is 5.75 Å². The third-order valence-corrected chi connectivity index (χ3v) is 3.16. The largest absolute Gasteiger partial charge is 0.496 e. The van der Waals surface area contributed by atoms with Crippen LogP contribution in [0.3, 0.4) is 0 Å². The maximum Gasteiger partial charge on any atom is 0.227 e. The van der Waals surface area contributed by atoms with E-state index in [0.717, 1.165) is 35.4 Å². The molecule has 1 aromatic carbocycles. The first-order chi connectivity index (χ1) is 7.63. The topological polar surface area (TPSA) is 38.3 Å². The molecular weight excluding hydrogens is 202 g/mol. The lowest BCUT2D eigenvalue weighted by molar-refractivity contribution is -0.117. The highest BCUT2D eigenvalue weighted by Gasteiger charge is 2.29. The number of carbonyl (C=O) groups is 1. The molecule has 3 nitrogen and oxygen atoms in total. The maximum absolute atomic E-state index is 11.7. The fourth-order valence-electron chi connectivity index (χ4n) is 1.73. The van der Waals surface area contributed by atoms with Gasteiger partial charge in [-0.25, -0.2) is 0 Å². The van der Waals surface area contributed by atoms with Crippen LogP contribution in [0, 0.1) is 19.8 Å². The number of ether oxygens (including phenoxy) is 1. The lowest BCUT2D eigenvalue weighted by atomic mass is 10.1. The molecule has 1 fully saturated rings. The van der Waals surface area contributed by atoms with Crippen LogP contribution < -0.4 is 10.1 Å². The van der Waals surface area contributed by atoms with E-state index in [0.29, 0.717) is 0 Å². The van der Waals surface area contributed by atoms with Gasteiger partial charge in [-0.2, -0.15) is 0 Å². The molecule has 86 valence electrons. The fourth-order valence-corrected chi connectivity index (χ4v) is 1.73. The van der Waals surface area contributed by atoms with Crippen molar-refractivity contribution in [1.82, 2.24) is 0 Å². The molecule has 1 aromatic rings. The van der Waals surface area contributed by atoms with Gasteiger partial charge >= 0.3 is 0 Å². The van der Waals surface area contributed by atoms with E-state index in [1.807, 2.05) is 26.0 Å². The van der Waals surface area contributed by atoms with Crippen LogP contribution in [0.4, 0.5) is 5.69 Å². The predicted molar refractivity (Wildman–Crippen MR) is 63.8 cm³/mol. The summed E-state index contributed by atoms with van der Waals surface area (Å²) in [5, 5.41) is 2.97. The average Bonchev–Trinajstić information content (AvgIpc) is 3.09. The molecule has 1 aliphatic rings. The van der Waals surface area contributed by atoms with Crippen molar-refractivity contribution in [3.63, 3.8) is 0 Å². The van der Waals surface area contributed by atoms with Gasteiger partial charge in [0.15, 0.2) is 0 Å². The van der Waals surface area contributed by atoms with Gasteiger partial charge in [0.2, 0.25) is 5.91 Å². The zero-order valence-corrected chi connectivity index (χ0v) is 9.96. The Hall–Kier alpha value is -1.51. The van der Waals surface area contributed by atoms with E-state index in [-0.39, 0.29) is 11.8 Å². The first-order valence-electron chi connectivity index (χ1n) is 5.58. The van der Waals surface area contributed by atoms with Crippen LogP contribution in [0.5, 0.6) is 5.75 Å². The standard InChI is InChI=1S/C13H17NO2/c1-8-9(2)12(16-3)7-6-11(8)14-13(15)10-4-5-10/h6-7,10H,4-5H2,1-3H3,(H,14,15). The van der Waals surface area contributed by atoms with E-state index in [2.05, 4.69) is 5.32 Å². The first-order valence-corrected chi connectivity index (χ1v) is 5.58. The van der Waals surface area contributed by atoms with Gasteiger partial charge in [-0.05, 0) is 49.9 Å². The number of nitrogens with one attached hydrogen (secondary N) is 1. The Morgan fingerprint density at radius 2 is 2.00 bits per heavy atom. The molecule has 0 aliphatic heterocycles. The maximum atomic E-state index is 11.7. The number of amides is 1. The van der Waals surface area contributed by atoms with Crippen LogP contribution in [-0.4, -0.2) is 13.0 Å². The minimum atomic E-state index is 0.146. The molecule has 0 spiro atoms. The highest BCUT2D eigenvalue weighted by molar-refractivity contribution is 5.94. The van der Waals surface area contributed by atoms with Crippen molar-refractivity contribution in [2.75, 3.05) is 12.4 Å². The predicted octanol–water partition coefficient (Wildman–Crippen LogP) is 2.66. The van der Waals surface area contributed by atoms with Crippen LogP contribution in [0.25, 0.3) is 0 Å². The summed E-state index contributed by atoms with van der Waals surface area (Å²) in [6.45, 7) is 4.00. The van der Waals surface area contributed by atoms with Gasteiger partial charge in [0, 0.05) is 11.6 Å².